The van der Waals surface area contributed by atoms with Crippen molar-refractivity contribution in [3.63, 3.8) is 0 Å². The Morgan fingerprint density at radius 2 is 2.09 bits per heavy atom. The van der Waals surface area contributed by atoms with Gasteiger partial charge in [-0.2, -0.15) is 5.26 Å². The smallest absolute Gasteiger partial charge is 0.416 e. The lowest BCUT2D eigenvalue weighted by atomic mass is 9.91. The van der Waals surface area contributed by atoms with Gasteiger partial charge in [0.1, 0.15) is 6.10 Å². The molecule has 33 heavy (non-hydrogen) atoms. The van der Waals surface area contributed by atoms with Crippen molar-refractivity contribution in [1.82, 2.24) is 14.9 Å². The van der Waals surface area contributed by atoms with E-state index in [1.165, 1.54) is 22.2 Å². The van der Waals surface area contributed by atoms with Gasteiger partial charge < -0.3 is 19.7 Å². The number of nitrogens with zero attached hydrogens (tertiary/aromatic N) is 5. The summed E-state index contributed by atoms with van der Waals surface area (Å²) in [5.41, 5.74) is 3.30. The minimum absolute atomic E-state index is 0.0977. The lowest BCUT2D eigenvalue weighted by Gasteiger charge is -2.42. The van der Waals surface area contributed by atoms with Crippen LogP contribution in [-0.4, -0.2) is 65.8 Å². The molecule has 3 aliphatic heterocycles. The molecular weight excluding hydrogens is 424 g/mol. The van der Waals surface area contributed by atoms with Crippen LogP contribution in [0.4, 0.5) is 16.4 Å². The van der Waals surface area contributed by atoms with Gasteiger partial charge in [0.25, 0.3) is 11.8 Å². The fourth-order valence-electron chi connectivity index (χ4n) is 5.24. The number of hydrogen-bond donors (Lipinski definition) is 1. The van der Waals surface area contributed by atoms with Crippen LogP contribution in [0.15, 0.2) is 24.4 Å². The van der Waals surface area contributed by atoms with E-state index in [0.29, 0.717) is 18.3 Å². The molecule has 2 aromatic rings. The third-order valence-electron chi connectivity index (χ3n) is 6.86. The number of amides is 2. The van der Waals surface area contributed by atoms with Crippen LogP contribution in [0.25, 0.3) is 0 Å². The summed E-state index contributed by atoms with van der Waals surface area (Å²) in [5, 5.41) is 11.9. The van der Waals surface area contributed by atoms with E-state index in [9.17, 15) is 14.9 Å². The Balaban J connectivity index is 1.04. The number of anilines is 2. The number of fused-ring (bicyclic) bond motifs is 2. The number of aromatic nitrogens is 2. The van der Waals surface area contributed by atoms with Gasteiger partial charge in [0.15, 0.2) is 18.2 Å². The number of carbonyl (C=O) groups excluding carboxylic acids is 2. The van der Waals surface area contributed by atoms with Gasteiger partial charge >= 0.3 is 6.09 Å². The van der Waals surface area contributed by atoms with E-state index in [1.807, 2.05) is 12.1 Å². The quantitative estimate of drug-likeness (QED) is 0.747. The van der Waals surface area contributed by atoms with E-state index in [4.69, 9.17) is 9.47 Å². The maximum absolute atomic E-state index is 12.5. The Morgan fingerprint density at radius 3 is 2.94 bits per heavy atom. The standard InChI is InChI=1S/C23H22N6O4/c24-6-15-3-1-2-14-4-13(5-17(14)15)8-28-9-16(10-28)18-11-29(23(31)33-18)19-7-25-22-21(26-19)27-20(30)12-32-22/h1-3,7,13,16,18H,4-5,8-12H2,(H,26,27,30). The third-order valence-corrected chi connectivity index (χ3v) is 6.86. The summed E-state index contributed by atoms with van der Waals surface area (Å²) >= 11 is 0. The van der Waals surface area contributed by atoms with Crippen molar-refractivity contribution >= 4 is 23.6 Å². The average molecular weight is 446 g/mol. The zero-order valence-electron chi connectivity index (χ0n) is 17.9. The van der Waals surface area contributed by atoms with Crippen molar-refractivity contribution in [3.8, 4) is 11.9 Å². The molecule has 2 fully saturated rings. The summed E-state index contributed by atoms with van der Waals surface area (Å²) in [4.78, 5) is 36.4. The second-order valence-electron chi connectivity index (χ2n) is 9.06. The van der Waals surface area contributed by atoms with Gasteiger partial charge in [0.2, 0.25) is 0 Å². The van der Waals surface area contributed by atoms with Crippen LogP contribution >= 0.6 is 0 Å². The average Bonchev–Trinajstić information content (AvgIpc) is 3.38. The SMILES string of the molecule is N#Cc1cccc2c1CC(CN1CC(C3CN(c4cnc5c(n4)NC(=O)CO5)C(=O)O3)C1)C2. The van der Waals surface area contributed by atoms with Crippen molar-refractivity contribution in [2.45, 2.75) is 18.9 Å². The van der Waals surface area contributed by atoms with Crippen molar-refractivity contribution in [2.24, 2.45) is 11.8 Å². The van der Waals surface area contributed by atoms with E-state index in [1.54, 1.807) is 0 Å². The van der Waals surface area contributed by atoms with Crippen LogP contribution in [0.5, 0.6) is 5.88 Å². The molecule has 168 valence electrons. The second-order valence-corrected chi connectivity index (χ2v) is 9.06. The number of cyclic esters (lactones) is 1. The molecule has 6 rings (SSSR count). The molecule has 2 amide bonds. The van der Waals surface area contributed by atoms with Crippen molar-refractivity contribution in [3.05, 3.63) is 41.1 Å². The van der Waals surface area contributed by atoms with E-state index >= 15 is 0 Å². The highest BCUT2D eigenvalue weighted by Gasteiger charge is 2.44. The molecule has 10 heteroatoms. The highest BCUT2D eigenvalue weighted by Crippen LogP contribution is 2.34. The molecule has 2 atom stereocenters. The molecule has 4 heterocycles. The van der Waals surface area contributed by atoms with Crippen molar-refractivity contribution in [2.75, 3.05) is 43.0 Å². The maximum atomic E-state index is 12.5. The fourth-order valence-corrected chi connectivity index (χ4v) is 5.24. The number of nitrogens with one attached hydrogen (secondary N) is 1. The van der Waals surface area contributed by atoms with Gasteiger partial charge in [-0.1, -0.05) is 12.1 Å². The molecule has 10 nitrogen and oxygen atoms in total. The van der Waals surface area contributed by atoms with E-state index in [-0.39, 0.29) is 36.2 Å². The lowest BCUT2D eigenvalue weighted by molar-refractivity contribution is -0.118. The van der Waals surface area contributed by atoms with Gasteiger partial charge in [-0.05, 0) is 36.0 Å². The Morgan fingerprint density at radius 1 is 1.21 bits per heavy atom. The number of benzene rings is 1. The number of carbonyl (C=O) groups is 2. The Kier molecular flexibility index (Phi) is 4.66. The lowest BCUT2D eigenvalue weighted by Crippen LogP contribution is -2.54. The molecule has 2 unspecified atom stereocenters. The second kappa shape index (κ2) is 7.71. The molecule has 4 aliphatic rings. The predicted octanol–water partition coefficient (Wildman–Crippen LogP) is 1.35. The maximum Gasteiger partial charge on any atom is 0.416 e. The largest absolute Gasteiger partial charge is 0.465 e. The van der Waals surface area contributed by atoms with Gasteiger partial charge in [0, 0.05) is 25.6 Å². The Bertz CT molecular complexity index is 1190. The number of likely N-dealkylation sites (tertiary alicyclic amines) is 1. The zero-order chi connectivity index (χ0) is 22.5. The molecule has 1 aromatic carbocycles. The minimum Gasteiger partial charge on any atom is -0.465 e. The summed E-state index contributed by atoms with van der Waals surface area (Å²) in [6.07, 6.45) is 2.76. The van der Waals surface area contributed by atoms with Crippen LogP contribution in [0.2, 0.25) is 0 Å². The highest BCUT2D eigenvalue weighted by molar-refractivity contribution is 5.94. The van der Waals surface area contributed by atoms with Gasteiger partial charge in [-0.15, -0.1) is 0 Å². The molecular formula is C23H22N6O4. The number of rotatable bonds is 4. The summed E-state index contributed by atoms with van der Waals surface area (Å²) in [5.74, 6) is 1.27. The van der Waals surface area contributed by atoms with Crippen LogP contribution in [0.3, 0.4) is 0 Å². The first-order valence-corrected chi connectivity index (χ1v) is 11.1. The molecule has 1 aliphatic carbocycles. The molecule has 1 aromatic heterocycles. The van der Waals surface area contributed by atoms with Crippen LogP contribution in [-0.2, 0) is 22.4 Å². The minimum atomic E-state index is -0.453. The molecule has 0 bridgehead atoms. The van der Waals surface area contributed by atoms with Crippen LogP contribution in [0.1, 0.15) is 16.7 Å². The monoisotopic (exact) mass is 446 g/mol. The third kappa shape index (κ3) is 3.54. The van der Waals surface area contributed by atoms with Gasteiger partial charge in [-0.25, -0.2) is 14.8 Å². The van der Waals surface area contributed by atoms with Gasteiger partial charge in [0.05, 0.1) is 24.4 Å². The Hall–Kier alpha value is -3.71. The molecule has 0 saturated carbocycles. The summed E-state index contributed by atoms with van der Waals surface area (Å²) in [6, 6.07) is 8.30. The predicted molar refractivity (Wildman–Crippen MR) is 116 cm³/mol. The fraction of sp³-hybridized carbons (Fsp3) is 0.435. The molecule has 0 radical (unpaired) electrons. The number of ether oxygens (including phenoxy) is 2. The summed E-state index contributed by atoms with van der Waals surface area (Å²) in [7, 11) is 0. The van der Waals surface area contributed by atoms with Crippen molar-refractivity contribution < 1.29 is 19.1 Å². The van der Waals surface area contributed by atoms with E-state index in [2.05, 4.69) is 32.3 Å². The highest BCUT2D eigenvalue weighted by atomic mass is 16.6. The molecule has 2 saturated heterocycles. The molecule has 0 spiro atoms. The van der Waals surface area contributed by atoms with Crippen molar-refractivity contribution in [1.29, 1.82) is 5.26 Å². The van der Waals surface area contributed by atoms with Gasteiger partial charge in [-0.3, -0.25) is 9.69 Å². The number of nitriles is 1. The topological polar surface area (TPSA) is 121 Å². The van der Waals surface area contributed by atoms with Crippen LogP contribution in [0, 0.1) is 23.2 Å². The normalized spacial score (nSPS) is 24.3. The molecule has 1 N–H and O–H groups in total. The summed E-state index contributed by atoms with van der Waals surface area (Å²) < 4.78 is 10.9. The van der Waals surface area contributed by atoms with E-state index in [0.717, 1.165) is 38.0 Å². The summed E-state index contributed by atoms with van der Waals surface area (Å²) in [6.45, 7) is 3.04. The Labute approximate surface area is 190 Å². The first-order valence-electron chi connectivity index (χ1n) is 11.1. The zero-order valence-corrected chi connectivity index (χ0v) is 17.9. The first-order chi connectivity index (χ1) is 16.1. The number of hydrogen-bond acceptors (Lipinski definition) is 8. The van der Waals surface area contributed by atoms with E-state index < -0.39 is 6.09 Å². The first kappa shape index (κ1) is 19.9. The van der Waals surface area contributed by atoms with Crippen LogP contribution < -0.4 is 15.0 Å².